The highest BCUT2D eigenvalue weighted by Gasteiger charge is 2.15. The summed E-state index contributed by atoms with van der Waals surface area (Å²) in [7, 11) is 4.12. The molecule has 1 unspecified atom stereocenters. The van der Waals surface area contributed by atoms with Crippen molar-refractivity contribution in [3.05, 3.63) is 29.8 Å². The molecule has 2 rings (SSSR count). The van der Waals surface area contributed by atoms with Crippen molar-refractivity contribution < 1.29 is 0 Å². The van der Waals surface area contributed by atoms with Gasteiger partial charge in [0.05, 0.1) is 5.38 Å². The number of anilines is 1. The van der Waals surface area contributed by atoms with Crippen molar-refractivity contribution in [1.82, 2.24) is 4.90 Å². The van der Waals surface area contributed by atoms with Crippen LogP contribution >= 0.6 is 11.6 Å². The van der Waals surface area contributed by atoms with E-state index in [1.54, 1.807) is 0 Å². The molecule has 0 spiro atoms. The van der Waals surface area contributed by atoms with E-state index in [-0.39, 0.29) is 5.38 Å². The van der Waals surface area contributed by atoms with Crippen molar-refractivity contribution in [3.63, 3.8) is 0 Å². The smallest absolute Gasteiger partial charge is 0.0712 e. The highest BCUT2D eigenvalue weighted by atomic mass is 35.5. The van der Waals surface area contributed by atoms with E-state index in [2.05, 4.69) is 48.2 Å². The molecule has 0 amide bonds. The largest absolute Gasteiger partial charge is 0.378 e. The second-order valence-electron chi connectivity index (χ2n) is 5.67. The molecule has 1 aliphatic heterocycles. The molecule has 1 fully saturated rings. The van der Waals surface area contributed by atoms with Gasteiger partial charge in [0, 0.05) is 26.3 Å². The summed E-state index contributed by atoms with van der Waals surface area (Å²) in [5.74, 6) is 0. The fourth-order valence-electron chi connectivity index (χ4n) is 2.63. The molecule has 1 heterocycles. The molecular weight excluding hydrogens is 256 g/mol. The maximum atomic E-state index is 6.57. The minimum absolute atomic E-state index is 0.106. The lowest BCUT2D eigenvalue weighted by Crippen LogP contribution is -2.28. The van der Waals surface area contributed by atoms with Crippen LogP contribution in [0.25, 0.3) is 0 Å². The van der Waals surface area contributed by atoms with E-state index >= 15 is 0 Å². The normalized spacial score (nSPS) is 18.9. The topological polar surface area (TPSA) is 6.48 Å². The molecular formula is C16H25ClN2. The lowest BCUT2D eigenvalue weighted by Gasteiger charge is -2.23. The number of benzene rings is 1. The lowest BCUT2D eigenvalue weighted by atomic mass is 10.1. The Labute approximate surface area is 122 Å². The van der Waals surface area contributed by atoms with Crippen LogP contribution in [0.5, 0.6) is 0 Å². The molecule has 0 radical (unpaired) electrons. The summed E-state index contributed by atoms with van der Waals surface area (Å²) in [6.45, 7) is 3.39. The van der Waals surface area contributed by atoms with Gasteiger partial charge in [-0.1, -0.05) is 25.0 Å². The molecule has 1 aliphatic rings. The van der Waals surface area contributed by atoms with Gasteiger partial charge in [-0.15, -0.1) is 11.6 Å². The summed E-state index contributed by atoms with van der Waals surface area (Å²) >= 11 is 6.57. The first kappa shape index (κ1) is 14.7. The summed E-state index contributed by atoms with van der Waals surface area (Å²) in [6, 6.07) is 8.61. The van der Waals surface area contributed by atoms with Gasteiger partial charge < -0.3 is 9.80 Å². The third-order valence-electron chi connectivity index (χ3n) is 3.89. The van der Waals surface area contributed by atoms with Gasteiger partial charge in [0.1, 0.15) is 0 Å². The monoisotopic (exact) mass is 280 g/mol. The first-order chi connectivity index (χ1) is 9.16. The molecule has 1 aromatic rings. The first-order valence-corrected chi connectivity index (χ1v) is 7.74. The average molecular weight is 281 g/mol. The van der Waals surface area contributed by atoms with E-state index in [0.717, 1.165) is 6.54 Å². The fourth-order valence-corrected chi connectivity index (χ4v) is 2.97. The second-order valence-corrected chi connectivity index (χ2v) is 6.20. The molecule has 2 nitrogen and oxygen atoms in total. The molecule has 0 aromatic heterocycles. The molecule has 0 saturated carbocycles. The van der Waals surface area contributed by atoms with E-state index in [0.29, 0.717) is 0 Å². The fraction of sp³-hybridized carbons (Fsp3) is 0.625. The zero-order valence-corrected chi connectivity index (χ0v) is 12.9. The molecule has 19 heavy (non-hydrogen) atoms. The maximum Gasteiger partial charge on any atom is 0.0712 e. The standard InChI is InChI=1S/C16H25ClN2/c1-18(2)15-9-7-14(8-10-15)16(17)13-19-11-5-3-4-6-12-19/h7-10,16H,3-6,11-13H2,1-2H3. The van der Waals surface area contributed by atoms with E-state index in [1.165, 1.54) is 50.0 Å². The Hall–Kier alpha value is -0.730. The van der Waals surface area contributed by atoms with E-state index < -0.39 is 0 Å². The Morgan fingerprint density at radius 3 is 2.16 bits per heavy atom. The third kappa shape index (κ3) is 4.39. The van der Waals surface area contributed by atoms with Crippen LogP contribution in [0.3, 0.4) is 0 Å². The average Bonchev–Trinajstić information content (AvgIpc) is 2.67. The number of halogens is 1. The summed E-state index contributed by atoms with van der Waals surface area (Å²) < 4.78 is 0. The molecule has 1 atom stereocenters. The van der Waals surface area contributed by atoms with Gasteiger partial charge in [-0.2, -0.15) is 0 Å². The van der Waals surface area contributed by atoms with Gasteiger partial charge in [-0.3, -0.25) is 0 Å². The Morgan fingerprint density at radius 2 is 1.63 bits per heavy atom. The van der Waals surface area contributed by atoms with Crippen LogP contribution in [0, 0.1) is 0 Å². The van der Waals surface area contributed by atoms with Crippen LogP contribution in [0.4, 0.5) is 5.69 Å². The molecule has 0 aliphatic carbocycles. The Kier molecular flexibility index (Phi) is 5.53. The van der Waals surface area contributed by atoms with Crippen molar-refractivity contribution in [2.75, 3.05) is 38.6 Å². The first-order valence-electron chi connectivity index (χ1n) is 7.30. The minimum Gasteiger partial charge on any atom is -0.378 e. The van der Waals surface area contributed by atoms with Crippen molar-refractivity contribution in [2.45, 2.75) is 31.1 Å². The van der Waals surface area contributed by atoms with E-state index in [1.807, 2.05) is 0 Å². The molecule has 1 aromatic carbocycles. The molecule has 106 valence electrons. The van der Waals surface area contributed by atoms with Gasteiger partial charge in [-0.05, 0) is 43.6 Å². The number of alkyl halides is 1. The Morgan fingerprint density at radius 1 is 1.05 bits per heavy atom. The highest BCUT2D eigenvalue weighted by Crippen LogP contribution is 2.25. The highest BCUT2D eigenvalue weighted by molar-refractivity contribution is 6.21. The summed E-state index contributed by atoms with van der Waals surface area (Å²) in [5, 5.41) is 0.106. The maximum absolute atomic E-state index is 6.57. The quantitative estimate of drug-likeness (QED) is 0.772. The van der Waals surface area contributed by atoms with Crippen LogP contribution in [0.2, 0.25) is 0 Å². The van der Waals surface area contributed by atoms with Gasteiger partial charge in [0.2, 0.25) is 0 Å². The predicted octanol–water partition coefficient (Wildman–Crippen LogP) is 3.91. The van der Waals surface area contributed by atoms with Crippen molar-refractivity contribution >= 4 is 17.3 Å². The number of rotatable bonds is 4. The number of nitrogens with zero attached hydrogens (tertiary/aromatic N) is 2. The van der Waals surface area contributed by atoms with Gasteiger partial charge in [-0.25, -0.2) is 0 Å². The lowest BCUT2D eigenvalue weighted by molar-refractivity contribution is 0.285. The Balaban J connectivity index is 1.92. The van der Waals surface area contributed by atoms with E-state index in [9.17, 15) is 0 Å². The molecule has 0 bridgehead atoms. The van der Waals surface area contributed by atoms with Crippen LogP contribution < -0.4 is 4.90 Å². The number of hydrogen-bond donors (Lipinski definition) is 0. The zero-order chi connectivity index (χ0) is 13.7. The van der Waals surface area contributed by atoms with Crippen LogP contribution in [-0.2, 0) is 0 Å². The Bertz CT molecular complexity index is 367. The molecule has 1 saturated heterocycles. The summed E-state index contributed by atoms with van der Waals surface area (Å²) in [4.78, 5) is 4.63. The van der Waals surface area contributed by atoms with Crippen molar-refractivity contribution in [3.8, 4) is 0 Å². The van der Waals surface area contributed by atoms with Gasteiger partial charge in [0.15, 0.2) is 0 Å². The summed E-state index contributed by atoms with van der Waals surface area (Å²) in [5.41, 5.74) is 2.46. The SMILES string of the molecule is CN(C)c1ccc(C(Cl)CN2CCCCCC2)cc1. The zero-order valence-electron chi connectivity index (χ0n) is 12.1. The summed E-state index contributed by atoms with van der Waals surface area (Å²) in [6.07, 6.45) is 5.40. The van der Waals surface area contributed by atoms with Gasteiger partial charge >= 0.3 is 0 Å². The number of hydrogen-bond acceptors (Lipinski definition) is 2. The van der Waals surface area contributed by atoms with Crippen molar-refractivity contribution in [2.24, 2.45) is 0 Å². The van der Waals surface area contributed by atoms with Crippen LogP contribution in [0.1, 0.15) is 36.6 Å². The van der Waals surface area contributed by atoms with Crippen molar-refractivity contribution in [1.29, 1.82) is 0 Å². The third-order valence-corrected chi connectivity index (χ3v) is 4.28. The predicted molar refractivity (Wildman–Crippen MR) is 84.3 cm³/mol. The number of likely N-dealkylation sites (tertiary alicyclic amines) is 1. The van der Waals surface area contributed by atoms with E-state index in [4.69, 9.17) is 11.6 Å². The van der Waals surface area contributed by atoms with Crippen LogP contribution in [-0.4, -0.2) is 38.6 Å². The van der Waals surface area contributed by atoms with Gasteiger partial charge in [0.25, 0.3) is 0 Å². The second kappa shape index (κ2) is 7.16. The van der Waals surface area contributed by atoms with Crippen LogP contribution in [0.15, 0.2) is 24.3 Å². The molecule has 3 heteroatoms. The molecule has 0 N–H and O–H groups in total. The minimum atomic E-state index is 0.106.